The first-order valence-corrected chi connectivity index (χ1v) is 4.69. The van der Waals surface area contributed by atoms with E-state index in [1.165, 1.54) is 13.3 Å². The van der Waals surface area contributed by atoms with Gasteiger partial charge in [0.25, 0.3) is 0 Å². The van der Waals surface area contributed by atoms with Gasteiger partial charge in [-0.25, -0.2) is 4.79 Å². The van der Waals surface area contributed by atoms with Crippen LogP contribution < -0.4 is 4.74 Å². The first-order chi connectivity index (χ1) is 7.76. The van der Waals surface area contributed by atoms with Crippen LogP contribution in [0.15, 0.2) is 35.3 Å². The third kappa shape index (κ3) is 3.96. The summed E-state index contributed by atoms with van der Waals surface area (Å²) in [6.07, 6.45) is 4.26. The van der Waals surface area contributed by atoms with E-state index < -0.39 is 6.09 Å². The molecule has 0 bridgehead atoms. The van der Waals surface area contributed by atoms with Gasteiger partial charge in [-0.2, -0.15) is 4.99 Å². The number of hydrogen-bond acceptors (Lipinski definition) is 3. The summed E-state index contributed by atoms with van der Waals surface area (Å²) in [5.74, 6) is 0.806. The summed E-state index contributed by atoms with van der Waals surface area (Å²) in [5, 5.41) is 0. The topological polar surface area (TPSA) is 47.9 Å². The molecule has 0 aromatic heterocycles. The monoisotopic (exact) mass is 219 g/mol. The molecule has 0 spiro atoms. The Kier molecular flexibility index (Phi) is 4.79. The maximum Gasteiger partial charge on any atom is 0.433 e. The molecule has 0 saturated carbocycles. The molecule has 0 atom stereocenters. The van der Waals surface area contributed by atoms with E-state index in [2.05, 4.69) is 9.73 Å². The molecule has 16 heavy (non-hydrogen) atoms. The third-order valence-corrected chi connectivity index (χ3v) is 1.85. The molecule has 4 heteroatoms. The zero-order valence-electron chi connectivity index (χ0n) is 9.21. The number of methoxy groups -OCH3 is 2. The Morgan fingerprint density at radius 3 is 2.50 bits per heavy atom. The molecule has 0 saturated heterocycles. The Labute approximate surface area is 94.2 Å². The number of ether oxygens (including phenoxy) is 2. The van der Waals surface area contributed by atoms with Crippen LogP contribution in [0.25, 0.3) is 6.08 Å². The zero-order chi connectivity index (χ0) is 11.8. The molecule has 0 radical (unpaired) electrons. The maximum absolute atomic E-state index is 10.6. The highest BCUT2D eigenvalue weighted by Gasteiger charge is 1.90. The van der Waals surface area contributed by atoms with Gasteiger partial charge in [-0.1, -0.05) is 18.2 Å². The lowest BCUT2D eigenvalue weighted by atomic mass is 10.2. The van der Waals surface area contributed by atoms with Gasteiger partial charge in [-0.05, 0) is 23.8 Å². The van der Waals surface area contributed by atoms with Crippen LogP contribution in [0.3, 0.4) is 0 Å². The zero-order valence-corrected chi connectivity index (χ0v) is 9.21. The van der Waals surface area contributed by atoms with Gasteiger partial charge in [0.1, 0.15) is 5.75 Å². The maximum atomic E-state index is 10.6. The number of aliphatic imine (C=N–C) groups is 1. The number of hydrogen-bond donors (Lipinski definition) is 0. The minimum absolute atomic E-state index is 0.612. The Morgan fingerprint density at radius 1 is 1.25 bits per heavy atom. The lowest BCUT2D eigenvalue weighted by molar-refractivity contribution is 0.183. The summed E-state index contributed by atoms with van der Waals surface area (Å²) >= 11 is 0. The lowest BCUT2D eigenvalue weighted by Gasteiger charge is -1.98. The highest BCUT2D eigenvalue weighted by Crippen LogP contribution is 2.11. The van der Waals surface area contributed by atoms with Gasteiger partial charge in [0.05, 0.1) is 14.2 Å². The number of nitrogens with zero attached hydrogens (tertiary/aromatic N) is 1. The first kappa shape index (κ1) is 12.0. The summed E-state index contributed by atoms with van der Waals surface area (Å²) in [5.41, 5.74) is 0.997. The van der Waals surface area contributed by atoms with Gasteiger partial charge in [0, 0.05) is 6.21 Å². The van der Waals surface area contributed by atoms with Crippen molar-refractivity contribution in [2.24, 2.45) is 4.99 Å². The molecule has 0 aliphatic carbocycles. The molecule has 0 fully saturated rings. The van der Waals surface area contributed by atoms with Crippen molar-refractivity contribution in [3.05, 3.63) is 35.9 Å². The fourth-order valence-corrected chi connectivity index (χ4v) is 1.03. The molecule has 0 heterocycles. The van der Waals surface area contributed by atoms with Gasteiger partial charge in [0.15, 0.2) is 0 Å². The van der Waals surface area contributed by atoms with E-state index in [1.54, 1.807) is 13.2 Å². The average molecular weight is 219 g/mol. The van der Waals surface area contributed by atoms with Crippen LogP contribution >= 0.6 is 0 Å². The molecular weight excluding hydrogens is 206 g/mol. The molecule has 4 nitrogen and oxygen atoms in total. The lowest BCUT2D eigenvalue weighted by Crippen LogP contribution is -1.91. The molecule has 1 aromatic carbocycles. The highest BCUT2D eigenvalue weighted by molar-refractivity contribution is 5.87. The van der Waals surface area contributed by atoms with Gasteiger partial charge >= 0.3 is 6.09 Å². The van der Waals surface area contributed by atoms with E-state index in [0.29, 0.717) is 0 Å². The minimum atomic E-state index is -0.612. The van der Waals surface area contributed by atoms with E-state index in [4.69, 9.17) is 4.74 Å². The summed E-state index contributed by atoms with van der Waals surface area (Å²) in [6.45, 7) is 0. The van der Waals surface area contributed by atoms with E-state index in [9.17, 15) is 4.79 Å². The van der Waals surface area contributed by atoms with Gasteiger partial charge in [0.2, 0.25) is 0 Å². The predicted molar refractivity (Wildman–Crippen MR) is 62.9 cm³/mol. The van der Waals surface area contributed by atoms with Crippen LogP contribution in [-0.4, -0.2) is 26.5 Å². The van der Waals surface area contributed by atoms with E-state index in [-0.39, 0.29) is 0 Å². The second kappa shape index (κ2) is 6.40. The molecule has 84 valence electrons. The van der Waals surface area contributed by atoms with Crippen LogP contribution in [0.1, 0.15) is 5.56 Å². The molecule has 1 rings (SSSR count). The summed E-state index contributed by atoms with van der Waals surface area (Å²) < 4.78 is 9.37. The summed E-state index contributed by atoms with van der Waals surface area (Å²) in [4.78, 5) is 14.1. The molecule has 1 aromatic rings. The number of amides is 1. The standard InChI is InChI=1S/C12H13NO3/c1-15-11-7-5-10(6-8-11)4-3-9-13-12(14)16-2/h3-9H,1-2H3/b4-3+,13-9+. The quantitative estimate of drug-likeness (QED) is 0.734. The van der Waals surface area contributed by atoms with Crippen molar-refractivity contribution in [2.45, 2.75) is 0 Å². The molecule has 1 amide bonds. The molecule has 0 aliphatic heterocycles. The van der Waals surface area contributed by atoms with Crippen LogP contribution in [0.5, 0.6) is 5.75 Å². The number of carbonyl (C=O) groups excluding carboxylic acids is 1. The highest BCUT2D eigenvalue weighted by atomic mass is 16.5. The second-order valence-corrected chi connectivity index (χ2v) is 2.88. The fraction of sp³-hybridized carbons (Fsp3) is 0.167. The first-order valence-electron chi connectivity index (χ1n) is 4.69. The van der Waals surface area contributed by atoms with Crippen molar-refractivity contribution in [3.63, 3.8) is 0 Å². The van der Waals surface area contributed by atoms with E-state index in [0.717, 1.165) is 11.3 Å². The Balaban J connectivity index is 2.56. The van der Waals surface area contributed by atoms with Crippen LogP contribution in [0, 0.1) is 0 Å². The van der Waals surface area contributed by atoms with Gasteiger partial charge in [-0.3, -0.25) is 0 Å². The Morgan fingerprint density at radius 2 is 1.94 bits per heavy atom. The third-order valence-electron chi connectivity index (χ3n) is 1.85. The minimum Gasteiger partial charge on any atom is -0.497 e. The van der Waals surface area contributed by atoms with E-state index >= 15 is 0 Å². The normalized spacial score (nSPS) is 10.9. The van der Waals surface area contributed by atoms with Crippen molar-refractivity contribution in [2.75, 3.05) is 14.2 Å². The van der Waals surface area contributed by atoms with Crippen LogP contribution in [0.2, 0.25) is 0 Å². The Bertz CT molecular complexity index is 393. The number of allylic oxidation sites excluding steroid dienone is 1. The number of carbonyl (C=O) groups is 1. The van der Waals surface area contributed by atoms with Crippen molar-refractivity contribution in [3.8, 4) is 5.75 Å². The summed E-state index contributed by atoms with van der Waals surface area (Å²) in [6, 6.07) is 7.52. The van der Waals surface area contributed by atoms with Crippen molar-refractivity contribution in [1.29, 1.82) is 0 Å². The summed E-state index contributed by atoms with van der Waals surface area (Å²) in [7, 11) is 2.90. The van der Waals surface area contributed by atoms with Crippen LogP contribution in [0.4, 0.5) is 4.79 Å². The largest absolute Gasteiger partial charge is 0.497 e. The van der Waals surface area contributed by atoms with Crippen LogP contribution in [-0.2, 0) is 4.74 Å². The number of benzene rings is 1. The molecule has 0 unspecified atom stereocenters. The predicted octanol–water partition coefficient (Wildman–Crippen LogP) is 2.55. The second-order valence-electron chi connectivity index (χ2n) is 2.88. The van der Waals surface area contributed by atoms with E-state index in [1.807, 2.05) is 30.3 Å². The smallest absolute Gasteiger partial charge is 0.433 e. The van der Waals surface area contributed by atoms with Crippen molar-refractivity contribution < 1.29 is 14.3 Å². The van der Waals surface area contributed by atoms with Crippen molar-refractivity contribution >= 4 is 18.4 Å². The fourth-order valence-electron chi connectivity index (χ4n) is 1.03. The molecule has 0 aliphatic rings. The van der Waals surface area contributed by atoms with Crippen molar-refractivity contribution in [1.82, 2.24) is 0 Å². The van der Waals surface area contributed by atoms with Gasteiger partial charge < -0.3 is 9.47 Å². The van der Waals surface area contributed by atoms with Gasteiger partial charge in [-0.15, -0.1) is 0 Å². The number of rotatable bonds is 3. The Hall–Kier alpha value is -2.10. The molecule has 0 N–H and O–H groups in total. The molecular formula is C12H13NO3. The SMILES string of the molecule is COC(=O)/N=C/C=C/c1ccc(OC)cc1. The average Bonchev–Trinajstić information content (AvgIpc) is 2.35.